The second-order valence-electron chi connectivity index (χ2n) is 10.8. The second-order valence-corrected chi connectivity index (χ2v) is 10.8. The molecule has 6 nitrogen and oxygen atoms in total. The molecule has 0 spiro atoms. The molecule has 3 atom stereocenters. The van der Waals surface area contributed by atoms with E-state index in [0.717, 1.165) is 36.9 Å². The minimum absolute atomic E-state index is 0.110. The molecular formula is C28H29F2N5O. The van der Waals surface area contributed by atoms with Crippen molar-refractivity contribution in [1.29, 1.82) is 0 Å². The van der Waals surface area contributed by atoms with E-state index in [1.807, 2.05) is 23.1 Å². The highest BCUT2D eigenvalue weighted by Gasteiger charge is 2.66. The molecule has 3 aliphatic rings. The van der Waals surface area contributed by atoms with Gasteiger partial charge in [-0.1, -0.05) is 26.0 Å². The van der Waals surface area contributed by atoms with Crippen LogP contribution in [0.5, 0.6) is 0 Å². The number of piperidine rings is 1. The molecule has 3 heterocycles. The van der Waals surface area contributed by atoms with Gasteiger partial charge in [0, 0.05) is 24.7 Å². The number of urea groups is 1. The molecule has 2 bridgehead atoms. The number of carbonyl (C=O) groups excluding carboxylic acids is 1. The molecule has 36 heavy (non-hydrogen) atoms. The van der Waals surface area contributed by atoms with Crippen LogP contribution in [0.15, 0.2) is 48.7 Å². The predicted molar refractivity (Wildman–Crippen MR) is 132 cm³/mol. The Bertz CT molecular complexity index is 1310. The zero-order valence-electron chi connectivity index (χ0n) is 20.5. The average Bonchev–Trinajstić information content (AvgIpc) is 3.25. The molecule has 6 rings (SSSR count). The monoisotopic (exact) mass is 489 g/mol. The van der Waals surface area contributed by atoms with Crippen molar-refractivity contribution in [2.45, 2.75) is 50.9 Å². The molecule has 0 unspecified atom stereocenters. The molecule has 2 amide bonds. The Morgan fingerprint density at radius 3 is 2.64 bits per heavy atom. The van der Waals surface area contributed by atoms with Crippen LogP contribution in [0.25, 0.3) is 11.3 Å². The van der Waals surface area contributed by atoms with E-state index in [9.17, 15) is 13.6 Å². The van der Waals surface area contributed by atoms with Crippen molar-refractivity contribution in [3.63, 3.8) is 0 Å². The quantitative estimate of drug-likeness (QED) is 0.496. The lowest BCUT2D eigenvalue weighted by molar-refractivity contribution is 0.0705. The van der Waals surface area contributed by atoms with Crippen molar-refractivity contribution in [2.24, 2.45) is 11.3 Å². The van der Waals surface area contributed by atoms with Gasteiger partial charge in [0.2, 0.25) is 0 Å². The fourth-order valence-electron chi connectivity index (χ4n) is 7.33. The van der Waals surface area contributed by atoms with Gasteiger partial charge in [0.05, 0.1) is 17.0 Å². The van der Waals surface area contributed by atoms with Crippen LogP contribution in [0.4, 0.5) is 19.4 Å². The molecule has 1 N–H and O–H groups in total. The highest BCUT2D eigenvalue weighted by atomic mass is 19.1. The van der Waals surface area contributed by atoms with E-state index >= 15 is 0 Å². The van der Waals surface area contributed by atoms with Crippen molar-refractivity contribution in [1.82, 2.24) is 20.1 Å². The maximum atomic E-state index is 14.5. The number of nitrogens with zero attached hydrogens (tertiary/aromatic N) is 4. The normalized spacial score (nSPS) is 26.1. The molecule has 186 valence electrons. The largest absolute Gasteiger partial charge is 0.324 e. The number of rotatable bonds is 3. The van der Waals surface area contributed by atoms with E-state index in [4.69, 9.17) is 0 Å². The zero-order valence-corrected chi connectivity index (χ0v) is 20.5. The first-order chi connectivity index (χ1) is 17.3. The summed E-state index contributed by atoms with van der Waals surface area (Å²) in [4.78, 5) is 19.2. The first-order valence-electron chi connectivity index (χ1n) is 12.6. The van der Waals surface area contributed by atoms with Gasteiger partial charge in [-0.2, -0.15) is 10.2 Å². The van der Waals surface area contributed by atoms with Crippen LogP contribution >= 0.6 is 0 Å². The van der Waals surface area contributed by atoms with Crippen molar-refractivity contribution in [2.75, 3.05) is 18.4 Å². The molecule has 2 aromatic heterocycles. The number of fused-ring (bicyclic) bond motifs is 5. The number of aromatic nitrogens is 3. The first kappa shape index (κ1) is 23.0. The lowest BCUT2D eigenvalue weighted by Gasteiger charge is -2.48. The molecule has 3 aromatic rings. The van der Waals surface area contributed by atoms with E-state index in [-0.39, 0.29) is 40.0 Å². The van der Waals surface area contributed by atoms with Gasteiger partial charge in [0.25, 0.3) is 0 Å². The number of benzene rings is 1. The zero-order chi connectivity index (χ0) is 25.1. The lowest BCUT2D eigenvalue weighted by Crippen LogP contribution is -2.52. The fourth-order valence-corrected chi connectivity index (χ4v) is 7.33. The Labute approximate surface area is 209 Å². The van der Waals surface area contributed by atoms with Gasteiger partial charge in [0.15, 0.2) is 0 Å². The lowest BCUT2D eigenvalue weighted by atomic mass is 9.59. The third-order valence-corrected chi connectivity index (χ3v) is 8.99. The summed E-state index contributed by atoms with van der Waals surface area (Å²) in [6.07, 6.45) is 5.52. The van der Waals surface area contributed by atoms with Crippen LogP contribution in [0.3, 0.4) is 0 Å². The molecule has 1 saturated carbocycles. The molecule has 2 aliphatic carbocycles. The summed E-state index contributed by atoms with van der Waals surface area (Å²) in [6.45, 7) is 5.88. The summed E-state index contributed by atoms with van der Waals surface area (Å²) in [5.74, 6) is -0.290. The Kier molecular flexibility index (Phi) is 5.32. The molecule has 2 fully saturated rings. The summed E-state index contributed by atoms with van der Waals surface area (Å²) in [6, 6.07) is 11.0. The Balaban J connectivity index is 1.34. The van der Waals surface area contributed by atoms with Crippen LogP contribution in [0.1, 0.15) is 56.7 Å². The highest BCUT2D eigenvalue weighted by molar-refractivity contribution is 5.88. The second kappa shape index (κ2) is 8.32. The summed E-state index contributed by atoms with van der Waals surface area (Å²) >= 11 is 0. The molecule has 1 aliphatic heterocycles. The molecule has 1 saturated heterocycles. The molecule has 1 aromatic carbocycles. The van der Waals surface area contributed by atoms with Crippen LogP contribution in [0.2, 0.25) is 0 Å². The highest BCUT2D eigenvalue weighted by Crippen LogP contribution is 2.70. The van der Waals surface area contributed by atoms with E-state index in [0.29, 0.717) is 18.9 Å². The van der Waals surface area contributed by atoms with Crippen molar-refractivity contribution >= 4 is 11.8 Å². The standard InChI is InChI=1S/C28H29F2N5O/c1-27(2)19-11-12-28(27,17-7-6-14-35(16-17)26(36)32-23-10-3-4-13-31-23)25-18(19)15-22(33-34-25)24-20(29)8-5-9-21(24)30/h3-5,8-10,13,15,17,19H,6-7,11-12,14,16H2,1-2H3,(H,31,32,36)/t17-,19-,28-/m0/s1. The summed E-state index contributed by atoms with van der Waals surface area (Å²) in [7, 11) is 0. The topological polar surface area (TPSA) is 71.0 Å². The predicted octanol–water partition coefficient (Wildman–Crippen LogP) is 5.92. The van der Waals surface area contributed by atoms with Crippen LogP contribution in [-0.2, 0) is 5.41 Å². The summed E-state index contributed by atoms with van der Waals surface area (Å²) in [5, 5.41) is 11.9. The van der Waals surface area contributed by atoms with Gasteiger partial charge in [0.1, 0.15) is 17.5 Å². The van der Waals surface area contributed by atoms with E-state index in [2.05, 4.69) is 34.3 Å². The number of halogens is 2. The number of hydrogen-bond donors (Lipinski definition) is 1. The maximum absolute atomic E-state index is 14.5. The number of anilines is 1. The number of hydrogen-bond acceptors (Lipinski definition) is 4. The Morgan fingerprint density at radius 1 is 1.08 bits per heavy atom. The third kappa shape index (κ3) is 3.26. The Morgan fingerprint density at radius 2 is 1.89 bits per heavy atom. The van der Waals surface area contributed by atoms with Crippen molar-refractivity contribution in [3.8, 4) is 11.3 Å². The minimum Gasteiger partial charge on any atom is -0.324 e. The van der Waals surface area contributed by atoms with Gasteiger partial charge in [-0.25, -0.2) is 18.6 Å². The number of likely N-dealkylation sites (tertiary alicyclic amines) is 1. The van der Waals surface area contributed by atoms with E-state index in [1.165, 1.54) is 18.2 Å². The van der Waals surface area contributed by atoms with Crippen LogP contribution < -0.4 is 5.32 Å². The molecule has 0 radical (unpaired) electrons. The van der Waals surface area contributed by atoms with Crippen LogP contribution in [0, 0.1) is 23.0 Å². The Hall–Kier alpha value is -3.42. The van der Waals surface area contributed by atoms with E-state index in [1.54, 1.807) is 12.3 Å². The summed E-state index contributed by atoms with van der Waals surface area (Å²) < 4.78 is 29.0. The number of nitrogens with one attached hydrogen (secondary N) is 1. The van der Waals surface area contributed by atoms with Gasteiger partial charge >= 0.3 is 6.03 Å². The average molecular weight is 490 g/mol. The van der Waals surface area contributed by atoms with Gasteiger partial charge in [-0.15, -0.1) is 0 Å². The van der Waals surface area contributed by atoms with Crippen molar-refractivity contribution < 1.29 is 13.6 Å². The first-order valence-corrected chi connectivity index (χ1v) is 12.6. The number of amides is 2. The van der Waals surface area contributed by atoms with Gasteiger partial charge in [-0.3, -0.25) is 5.32 Å². The smallest absolute Gasteiger partial charge is 0.323 e. The molecule has 8 heteroatoms. The fraction of sp³-hybridized carbons (Fsp3) is 0.429. The maximum Gasteiger partial charge on any atom is 0.323 e. The van der Waals surface area contributed by atoms with Gasteiger partial charge < -0.3 is 4.90 Å². The van der Waals surface area contributed by atoms with E-state index < -0.39 is 11.6 Å². The SMILES string of the molecule is CC1(C)[C@H]2CC[C@]1([C@H]1CCCN(C(=O)Nc3ccccn3)C1)c1nnc(-c3c(F)cccc3F)cc12. The summed E-state index contributed by atoms with van der Waals surface area (Å²) in [5.41, 5.74) is 1.76. The van der Waals surface area contributed by atoms with Gasteiger partial charge in [-0.05, 0) is 78.8 Å². The number of pyridine rings is 1. The molecular weight excluding hydrogens is 460 g/mol. The van der Waals surface area contributed by atoms with Crippen LogP contribution in [-0.4, -0.2) is 39.2 Å². The number of carbonyl (C=O) groups is 1. The minimum atomic E-state index is -0.636. The van der Waals surface area contributed by atoms with Crippen molar-refractivity contribution in [3.05, 3.63) is 71.6 Å². The third-order valence-electron chi connectivity index (χ3n) is 8.99.